The molecule has 0 N–H and O–H groups in total. The molecule has 0 aliphatic rings. The molecule has 0 unspecified atom stereocenters. The molecule has 2 aromatic rings. The molecule has 1 aromatic carbocycles. The third kappa shape index (κ3) is 2.67. The van der Waals surface area contributed by atoms with Crippen LogP contribution in [0.15, 0.2) is 48.8 Å². The minimum absolute atomic E-state index is 0.720. The van der Waals surface area contributed by atoms with Crippen molar-refractivity contribution in [3.8, 4) is 0 Å². The molecule has 74 valence electrons. The SMILES string of the molecule is Clc1ccncc1/C=C/c1ccccc1. The second-order valence-electron chi connectivity index (χ2n) is 3.14. The molecule has 1 heterocycles. The van der Waals surface area contributed by atoms with Crippen LogP contribution in [0.1, 0.15) is 11.1 Å². The van der Waals surface area contributed by atoms with Crippen molar-refractivity contribution in [3.05, 3.63) is 64.9 Å². The van der Waals surface area contributed by atoms with Gasteiger partial charge in [0, 0.05) is 18.0 Å². The molecule has 2 heteroatoms. The molecule has 0 amide bonds. The Labute approximate surface area is 94.1 Å². The first-order chi connectivity index (χ1) is 7.36. The van der Waals surface area contributed by atoms with Crippen molar-refractivity contribution in [1.29, 1.82) is 0 Å². The van der Waals surface area contributed by atoms with E-state index in [4.69, 9.17) is 11.6 Å². The van der Waals surface area contributed by atoms with Crippen molar-refractivity contribution in [1.82, 2.24) is 4.98 Å². The first-order valence-corrected chi connectivity index (χ1v) is 5.07. The highest BCUT2D eigenvalue weighted by Crippen LogP contribution is 2.16. The fraction of sp³-hybridized carbons (Fsp3) is 0. The van der Waals surface area contributed by atoms with Crippen LogP contribution in [0.5, 0.6) is 0 Å². The first kappa shape index (κ1) is 9.94. The zero-order valence-electron chi connectivity index (χ0n) is 8.10. The minimum Gasteiger partial charge on any atom is -0.264 e. The van der Waals surface area contributed by atoms with E-state index in [0.29, 0.717) is 0 Å². The van der Waals surface area contributed by atoms with Crippen molar-refractivity contribution in [2.45, 2.75) is 0 Å². The van der Waals surface area contributed by atoms with Gasteiger partial charge < -0.3 is 0 Å². The Hall–Kier alpha value is -1.60. The van der Waals surface area contributed by atoms with Crippen molar-refractivity contribution in [3.63, 3.8) is 0 Å². The van der Waals surface area contributed by atoms with Gasteiger partial charge >= 0.3 is 0 Å². The van der Waals surface area contributed by atoms with Crippen molar-refractivity contribution < 1.29 is 0 Å². The molecular weight excluding hydrogens is 206 g/mol. The molecule has 0 fully saturated rings. The molecule has 0 spiro atoms. The monoisotopic (exact) mass is 215 g/mol. The summed E-state index contributed by atoms with van der Waals surface area (Å²) in [5, 5.41) is 0.720. The largest absolute Gasteiger partial charge is 0.264 e. The summed E-state index contributed by atoms with van der Waals surface area (Å²) in [5.41, 5.74) is 2.08. The highest BCUT2D eigenvalue weighted by atomic mass is 35.5. The van der Waals surface area contributed by atoms with Gasteiger partial charge in [0.15, 0.2) is 0 Å². The summed E-state index contributed by atoms with van der Waals surface area (Å²) in [6.45, 7) is 0. The summed E-state index contributed by atoms with van der Waals surface area (Å²) >= 11 is 6.00. The van der Waals surface area contributed by atoms with Crippen LogP contribution in [0.3, 0.4) is 0 Å². The van der Waals surface area contributed by atoms with Gasteiger partial charge in [0.2, 0.25) is 0 Å². The smallest absolute Gasteiger partial charge is 0.0509 e. The molecule has 0 aliphatic heterocycles. The maximum atomic E-state index is 6.00. The van der Waals surface area contributed by atoms with E-state index in [-0.39, 0.29) is 0 Å². The van der Waals surface area contributed by atoms with Crippen LogP contribution in [-0.2, 0) is 0 Å². The molecule has 1 aromatic heterocycles. The standard InChI is InChI=1S/C13H10ClN/c14-13-8-9-15-10-12(13)7-6-11-4-2-1-3-5-11/h1-10H/b7-6+. The number of hydrogen-bond donors (Lipinski definition) is 0. The minimum atomic E-state index is 0.720. The maximum Gasteiger partial charge on any atom is 0.0509 e. The second-order valence-corrected chi connectivity index (χ2v) is 3.55. The van der Waals surface area contributed by atoms with Gasteiger partial charge in [0.1, 0.15) is 0 Å². The normalized spacial score (nSPS) is 10.7. The fourth-order valence-corrected chi connectivity index (χ4v) is 1.43. The molecule has 0 bridgehead atoms. The number of pyridine rings is 1. The Morgan fingerprint density at radius 2 is 1.80 bits per heavy atom. The quantitative estimate of drug-likeness (QED) is 0.740. The van der Waals surface area contributed by atoms with Gasteiger partial charge in [-0.05, 0) is 11.6 Å². The fourth-order valence-electron chi connectivity index (χ4n) is 1.26. The maximum absolute atomic E-state index is 6.00. The molecule has 2 rings (SSSR count). The van der Waals surface area contributed by atoms with E-state index in [1.807, 2.05) is 42.5 Å². The average molecular weight is 216 g/mol. The molecule has 0 saturated carbocycles. The Bertz CT molecular complexity index is 463. The van der Waals surface area contributed by atoms with Crippen LogP contribution >= 0.6 is 11.6 Å². The van der Waals surface area contributed by atoms with E-state index in [9.17, 15) is 0 Å². The van der Waals surface area contributed by atoms with Gasteiger partial charge in [-0.2, -0.15) is 0 Å². The van der Waals surface area contributed by atoms with Gasteiger partial charge in [0.25, 0.3) is 0 Å². The van der Waals surface area contributed by atoms with Crippen molar-refractivity contribution in [2.75, 3.05) is 0 Å². The Morgan fingerprint density at radius 1 is 1.00 bits per heavy atom. The lowest BCUT2D eigenvalue weighted by molar-refractivity contribution is 1.32. The van der Waals surface area contributed by atoms with E-state index in [1.165, 1.54) is 0 Å². The number of rotatable bonds is 2. The number of nitrogens with zero attached hydrogens (tertiary/aromatic N) is 1. The molecule has 0 atom stereocenters. The summed E-state index contributed by atoms with van der Waals surface area (Å²) in [6.07, 6.45) is 7.41. The Balaban J connectivity index is 2.23. The van der Waals surface area contributed by atoms with Crippen molar-refractivity contribution in [2.24, 2.45) is 0 Å². The van der Waals surface area contributed by atoms with E-state index < -0.39 is 0 Å². The topological polar surface area (TPSA) is 12.9 Å². The predicted octanol–water partition coefficient (Wildman–Crippen LogP) is 3.91. The summed E-state index contributed by atoms with van der Waals surface area (Å²) in [4.78, 5) is 4.02. The lowest BCUT2D eigenvalue weighted by Gasteiger charge is -1.96. The number of benzene rings is 1. The first-order valence-electron chi connectivity index (χ1n) is 4.69. The summed E-state index contributed by atoms with van der Waals surface area (Å²) < 4.78 is 0. The molecular formula is C13H10ClN. The van der Waals surface area contributed by atoms with Gasteiger partial charge in [0.05, 0.1) is 5.02 Å². The van der Waals surface area contributed by atoms with Crippen LogP contribution in [0.2, 0.25) is 5.02 Å². The van der Waals surface area contributed by atoms with E-state index in [2.05, 4.69) is 4.98 Å². The van der Waals surface area contributed by atoms with Crippen LogP contribution in [-0.4, -0.2) is 4.98 Å². The highest BCUT2D eigenvalue weighted by Gasteiger charge is 1.93. The number of aromatic nitrogens is 1. The van der Waals surface area contributed by atoms with Gasteiger partial charge in [-0.1, -0.05) is 54.1 Å². The molecule has 0 saturated heterocycles. The summed E-state index contributed by atoms with van der Waals surface area (Å²) in [7, 11) is 0. The van der Waals surface area contributed by atoms with E-state index >= 15 is 0 Å². The number of hydrogen-bond acceptors (Lipinski definition) is 1. The molecule has 1 nitrogen and oxygen atoms in total. The lowest BCUT2D eigenvalue weighted by Crippen LogP contribution is -1.77. The van der Waals surface area contributed by atoms with Gasteiger partial charge in [-0.25, -0.2) is 0 Å². The Kier molecular flexibility index (Phi) is 3.15. The average Bonchev–Trinajstić information content (AvgIpc) is 2.29. The summed E-state index contributed by atoms with van der Waals surface area (Å²) in [5.74, 6) is 0. The van der Waals surface area contributed by atoms with Crippen LogP contribution in [0.25, 0.3) is 12.2 Å². The van der Waals surface area contributed by atoms with Crippen molar-refractivity contribution >= 4 is 23.8 Å². The second kappa shape index (κ2) is 4.76. The lowest BCUT2D eigenvalue weighted by atomic mass is 10.2. The third-order valence-electron chi connectivity index (χ3n) is 2.05. The third-order valence-corrected chi connectivity index (χ3v) is 2.40. The Morgan fingerprint density at radius 3 is 2.53 bits per heavy atom. The van der Waals surface area contributed by atoms with Crippen LogP contribution in [0, 0.1) is 0 Å². The van der Waals surface area contributed by atoms with Gasteiger partial charge in [-0.3, -0.25) is 4.98 Å². The molecule has 0 aliphatic carbocycles. The van der Waals surface area contributed by atoms with E-state index in [1.54, 1.807) is 18.5 Å². The zero-order valence-corrected chi connectivity index (χ0v) is 8.85. The molecule has 15 heavy (non-hydrogen) atoms. The highest BCUT2D eigenvalue weighted by molar-refractivity contribution is 6.32. The number of halogens is 1. The van der Waals surface area contributed by atoms with Crippen LogP contribution < -0.4 is 0 Å². The summed E-state index contributed by atoms with van der Waals surface area (Å²) in [6, 6.07) is 11.9. The van der Waals surface area contributed by atoms with Crippen LogP contribution in [0.4, 0.5) is 0 Å². The van der Waals surface area contributed by atoms with Gasteiger partial charge in [-0.15, -0.1) is 0 Å². The van der Waals surface area contributed by atoms with E-state index in [0.717, 1.165) is 16.1 Å². The molecule has 0 radical (unpaired) electrons. The zero-order chi connectivity index (χ0) is 10.5. The predicted molar refractivity (Wildman–Crippen MR) is 64.6 cm³/mol.